The molecule has 2 nitrogen and oxygen atoms in total. The van der Waals surface area contributed by atoms with Crippen LogP contribution >= 0.6 is 0 Å². The molecule has 0 N–H and O–H groups in total. The topological polar surface area (TPSA) is 20.3 Å². The molecule has 0 rings (SSSR count). The number of hydrogen-bond acceptors (Lipinski definition) is 1. The predicted octanol–water partition coefficient (Wildman–Crippen LogP) is 46.5. The number of carbonyl (C=O) groups excluding carboxylic acids is 1. The lowest BCUT2D eigenvalue weighted by molar-refractivity contribution is -0.127. The zero-order valence-electron chi connectivity index (χ0n) is 88.5. The monoisotopic (exact) mass is 1750 g/mol. The molecular formula is C123H247NO. The fourth-order valence-corrected chi connectivity index (χ4v) is 21.1. The molecule has 0 aromatic heterocycles. The number of rotatable bonds is 119. The van der Waals surface area contributed by atoms with Crippen LogP contribution in [-0.2, 0) is 4.79 Å². The SMILES string of the molecule is CCCCCCCCCCCCCCCCCCCCCCCCCCCCCCCCCCCCCCCCCCCCCCCCCCCCCCCCCCCCCCCCCCCCCCCCCCCCCCCCCCCCCCCCCCCCCCCCCCCCCCCCCCCCCCCCCCCCCCCCN(C)C(C)=O. The average Bonchev–Trinajstić information content (AvgIpc) is 1.01. The molecule has 0 radical (unpaired) electrons. The molecule has 0 saturated heterocycles. The molecular weight excluding hydrogens is 1510 g/mol. The first-order chi connectivity index (χ1) is 62.2. The van der Waals surface area contributed by atoms with Gasteiger partial charge in [-0.2, -0.15) is 0 Å². The maximum absolute atomic E-state index is 11.3. The highest BCUT2D eigenvalue weighted by Gasteiger charge is 2.07. The van der Waals surface area contributed by atoms with Gasteiger partial charge in [0, 0.05) is 20.5 Å². The van der Waals surface area contributed by atoms with Gasteiger partial charge in [0.15, 0.2) is 0 Å². The molecule has 0 aliphatic rings. The highest BCUT2D eigenvalue weighted by molar-refractivity contribution is 5.72. The summed E-state index contributed by atoms with van der Waals surface area (Å²) in [6.45, 7) is 4.91. The Labute approximate surface area is 795 Å². The minimum absolute atomic E-state index is 0.194. The molecule has 0 aliphatic heterocycles. The van der Waals surface area contributed by atoms with Crippen LogP contribution in [0.5, 0.6) is 0 Å². The standard InChI is InChI=1S/C123H247NO/c1-4-5-6-7-8-9-10-11-12-13-14-15-16-17-18-19-20-21-22-23-24-25-26-27-28-29-30-31-32-33-34-35-36-37-38-39-40-41-42-43-44-45-46-47-48-49-50-51-52-53-54-55-56-57-58-59-60-61-62-63-64-65-66-67-68-69-70-71-72-73-74-75-76-77-78-79-80-81-82-83-84-85-86-87-88-89-90-91-92-93-94-95-96-97-98-99-100-101-102-103-104-105-106-107-108-109-110-111-112-113-114-115-116-117-118-119-120-121-122-124(3)123(2)125/h4-122H2,1-3H3. The summed E-state index contributed by atoms with van der Waals surface area (Å²) < 4.78 is 0. The van der Waals surface area contributed by atoms with E-state index in [4.69, 9.17) is 0 Å². The van der Waals surface area contributed by atoms with Crippen molar-refractivity contribution in [2.45, 2.75) is 772 Å². The zero-order chi connectivity index (χ0) is 89.3. The minimum Gasteiger partial charge on any atom is -0.346 e. The fraction of sp³-hybridized carbons (Fsp3) is 0.992. The molecule has 0 heterocycles. The summed E-state index contributed by atoms with van der Waals surface area (Å²) in [4.78, 5) is 13.1. The smallest absolute Gasteiger partial charge is 0.219 e. The molecule has 750 valence electrons. The van der Waals surface area contributed by atoms with Crippen molar-refractivity contribution in [2.75, 3.05) is 13.6 Å². The van der Waals surface area contributed by atoms with E-state index in [-0.39, 0.29) is 5.91 Å². The molecule has 0 spiro atoms. The Balaban J connectivity index is 3.10. The van der Waals surface area contributed by atoms with Crippen molar-refractivity contribution in [1.82, 2.24) is 4.90 Å². The molecule has 0 saturated carbocycles. The molecule has 0 bridgehead atoms. The van der Waals surface area contributed by atoms with Crippen molar-refractivity contribution in [2.24, 2.45) is 0 Å². The van der Waals surface area contributed by atoms with Crippen LogP contribution in [0.15, 0.2) is 0 Å². The third kappa shape index (κ3) is 120. The molecule has 1 amide bonds. The van der Waals surface area contributed by atoms with Crippen molar-refractivity contribution in [3.63, 3.8) is 0 Å². The van der Waals surface area contributed by atoms with Crippen LogP contribution in [-0.4, -0.2) is 24.4 Å². The first kappa shape index (κ1) is 124. The fourth-order valence-electron chi connectivity index (χ4n) is 21.1. The van der Waals surface area contributed by atoms with E-state index >= 15 is 0 Å². The second-order valence-electron chi connectivity index (χ2n) is 43.3. The van der Waals surface area contributed by atoms with Gasteiger partial charge in [0.2, 0.25) is 5.91 Å². The van der Waals surface area contributed by atoms with E-state index in [9.17, 15) is 4.79 Å². The average molecular weight is 1760 g/mol. The normalized spacial score (nSPS) is 11.8. The van der Waals surface area contributed by atoms with E-state index in [0.717, 1.165) is 13.0 Å². The largest absolute Gasteiger partial charge is 0.346 e. The van der Waals surface area contributed by atoms with E-state index in [2.05, 4.69) is 6.92 Å². The lowest BCUT2D eigenvalue weighted by Crippen LogP contribution is -2.24. The minimum atomic E-state index is 0.194. The summed E-state index contributed by atoms with van der Waals surface area (Å²) in [5.41, 5.74) is 0. The molecule has 125 heavy (non-hydrogen) atoms. The maximum Gasteiger partial charge on any atom is 0.219 e. The number of amides is 1. The Morgan fingerprint density at radius 1 is 0.112 bits per heavy atom. The molecule has 0 atom stereocenters. The van der Waals surface area contributed by atoms with Crippen molar-refractivity contribution in [3.05, 3.63) is 0 Å². The van der Waals surface area contributed by atoms with Gasteiger partial charge in [-0.25, -0.2) is 0 Å². The number of hydrogen-bond donors (Lipinski definition) is 0. The lowest BCUT2D eigenvalue weighted by Gasteiger charge is -2.13. The van der Waals surface area contributed by atoms with Crippen molar-refractivity contribution in [1.29, 1.82) is 0 Å². The van der Waals surface area contributed by atoms with Gasteiger partial charge in [-0.05, 0) is 6.42 Å². The van der Waals surface area contributed by atoms with Gasteiger partial charge < -0.3 is 4.90 Å². The van der Waals surface area contributed by atoms with Crippen LogP contribution in [0.4, 0.5) is 0 Å². The Morgan fingerprint density at radius 2 is 0.168 bits per heavy atom. The van der Waals surface area contributed by atoms with Crippen molar-refractivity contribution >= 4 is 5.91 Å². The van der Waals surface area contributed by atoms with Crippen LogP contribution < -0.4 is 0 Å². The number of nitrogens with zero attached hydrogens (tertiary/aromatic N) is 1. The summed E-state index contributed by atoms with van der Waals surface area (Å²) in [5, 5.41) is 0. The zero-order valence-corrected chi connectivity index (χ0v) is 88.5. The second-order valence-corrected chi connectivity index (χ2v) is 43.3. The second kappa shape index (κ2) is 120. The Morgan fingerprint density at radius 3 is 0.224 bits per heavy atom. The van der Waals surface area contributed by atoms with Crippen LogP contribution in [0.1, 0.15) is 772 Å². The van der Waals surface area contributed by atoms with E-state index < -0.39 is 0 Å². The van der Waals surface area contributed by atoms with Crippen LogP contribution in [0.25, 0.3) is 0 Å². The molecule has 0 aliphatic carbocycles. The lowest BCUT2D eigenvalue weighted by atomic mass is 10.0. The first-order valence-corrected chi connectivity index (χ1v) is 61.4. The summed E-state index contributed by atoms with van der Waals surface area (Å²) in [6, 6.07) is 0. The summed E-state index contributed by atoms with van der Waals surface area (Å²) in [6.07, 6.45) is 175. The van der Waals surface area contributed by atoms with E-state index in [1.54, 1.807) is 6.92 Å². The number of carbonyl (C=O) groups is 1. The Hall–Kier alpha value is -0.530. The van der Waals surface area contributed by atoms with Crippen LogP contribution in [0, 0.1) is 0 Å². The van der Waals surface area contributed by atoms with Gasteiger partial charge in [0.05, 0.1) is 0 Å². The number of unbranched alkanes of at least 4 members (excludes halogenated alkanes) is 117. The third-order valence-electron chi connectivity index (χ3n) is 30.4. The van der Waals surface area contributed by atoms with Crippen molar-refractivity contribution in [3.8, 4) is 0 Å². The van der Waals surface area contributed by atoms with Crippen molar-refractivity contribution < 1.29 is 4.79 Å². The highest BCUT2D eigenvalue weighted by atomic mass is 16.2. The molecule has 2 heteroatoms. The quantitative estimate of drug-likeness (QED) is 0.0556. The summed E-state index contributed by atoms with van der Waals surface area (Å²) in [7, 11) is 1.92. The van der Waals surface area contributed by atoms with Gasteiger partial charge >= 0.3 is 0 Å². The molecule has 0 aromatic carbocycles. The van der Waals surface area contributed by atoms with Gasteiger partial charge in [-0.15, -0.1) is 0 Å². The van der Waals surface area contributed by atoms with E-state index in [1.165, 1.54) is 751 Å². The Bertz CT molecular complexity index is 1710. The van der Waals surface area contributed by atoms with Gasteiger partial charge in [0.25, 0.3) is 0 Å². The van der Waals surface area contributed by atoms with Gasteiger partial charge in [-0.1, -0.05) is 758 Å². The third-order valence-corrected chi connectivity index (χ3v) is 30.4. The Kier molecular flexibility index (Phi) is 119. The van der Waals surface area contributed by atoms with E-state index in [1.807, 2.05) is 11.9 Å². The molecule has 0 aromatic rings. The molecule has 0 fully saturated rings. The predicted molar refractivity (Wildman–Crippen MR) is 574 cm³/mol. The van der Waals surface area contributed by atoms with Gasteiger partial charge in [-0.3, -0.25) is 4.79 Å². The van der Waals surface area contributed by atoms with Crippen LogP contribution in [0.3, 0.4) is 0 Å². The van der Waals surface area contributed by atoms with Gasteiger partial charge in [0.1, 0.15) is 0 Å². The molecule has 0 unspecified atom stereocenters. The first-order valence-electron chi connectivity index (χ1n) is 61.4. The van der Waals surface area contributed by atoms with Crippen LogP contribution in [0.2, 0.25) is 0 Å². The summed E-state index contributed by atoms with van der Waals surface area (Å²) in [5.74, 6) is 0.194. The van der Waals surface area contributed by atoms with E-state index in [0.29, 0.717) is 0 Å². The summed E-state index contributed by atoms with van der Waals surface area (Å²) >= 11 is 0. The maximum atomic E-state index is 11.3. The highest BCUT2D eigenvalue weighted by Crippen LogP contribution is 2.26.